The molecule has 7 nitrogen and oxygen atoms in total. The molecule has 1 saturated heterocycles. The standard InChI is InChI=1S/C24H30N4O3/c1-14-7-8-18(30-14)12-26-24(29)23-15(2)21-20(31-23)10-9-19-16(3)28(27-22(19)21)13-17-6-4-5-11-25-17/h4-6,11,14,16,18-19H,7-10,12-13H2,1-3H3,(H,26,29). The normalized spacial score (nSPS) is 27.1. The van der Waals surface area contributed by atoms with Gasteiger partial charge in [-0.1, -0.05) is 6.07 Å². The van der Waals surface area contributed by atoms with E-state index in [1.165, 1.54) is 0 Å². The molecule has 0 radical (unpaired) electrons. The third-order valence-corrected chi connectivity index (χ3v) is 6.86. The van der Waals surface area contributed by atoms with E-state index in [0.29, 0.717) is 30.8 Å². The van der Waals surface area contributed by atoms with E-state index in [1.807, 2.05) is 31.3 Å². The lowest BCUT2D eigenvalue weighted by molar-refractivity contribution is 0.0531. The van der Waals surface area contributed by atoms with Gasteiger partial charge in [0.15, 0.2) is 5.76 Å². The Bertz CT molecular complexity index is 1000. The molecule has 1 amide bonds. The number of nitrogens with zero attached hydrogens (tertiary/aromatic N) is 3. The first-order valence-electron chi connectivity index (χ1n) is 11.3. The third-order valence-electron chi connectivity index (χ3n) is 6.86. The minimum Gasteiger partial charge on any atom is -0.455 e. The van der Waals surface area contributed by atoms with Gasteiger partial charge in [-0.05, 0) is 52.2 Å². The van der Waals surface area contributed by atoms with Crippen LogP contribution in [0.15, 0.2) is 33.9 Å². The zero-order valence-electron chi connectivity index (χ0n) is 18.4. The van der Waals surface area contributed by atoms with Crippen molar-refractivity contribution in [3.05, 3.63) is 52.7 Å². The lowest BCUT2D eigenvalue weighted by atomic mass is 9.81. The molecule has 4 heterocycles. The molecule has 1 fully saturated rings. The molecule has 1 aliphatic carbocycles. The van der Waals surface area contributed by atoms with Crippen molar-refractivity contribution in [2.75, 3.05) is 6.54 Å². The van der Waals surface area contributed by atoms with Gasteiger partial charge in [0.1, 0.15) is 5.76 Å². The monoisotopic (exact) mass is 422 g/mol. The molecule has 0 bridgehead atoms. The first-order valence-corrected chi connectivity index (χ1v) is 11.3. The number of hydrogen-bond donors (Lipinski definition) is 1. The molecule has 0 saturated carbocycles. The maximum atomic E-state index is 12.9. The quantitative estimate of drug-likeness (QED) is 0.798. The maximum absolute atomic E-state index is 12.9. The van der Waals surface area contributed by atoms with Gasteiger partial charge in [0.2, 0.25) is 0 Å². The second-order valence-corrected chi connectivity index (χ2v) is 9.00. The van der Waals surface area contributed by atoms with Crippen molar-refractivity contribution < 1.29 is 13.9 Å². The first kappa shape index (κ1) is 20.2. The van der Waals surface area contributed by atoms with Crippen molar-refractivity contribution in [1.82, 2.24) is 15.3 Å². The van der Waals surface area contributed by atoms with E-state index in [9.17, 15) is 4.79 Å². The van der Waals surface area contributed by atoms with E-state index in [-0.39, 0.29) is 18.1 Å². The van der Waals surface area contributed by atoms with Crippen LogP contribution in [-0.2, 0) is 17.7 Å². The highest BCUT2D eigenvalue weighted by molar-refractivity contribution is 6.08. The van der Waals surface area contributed by atoms with Gasteiger partial charge >= 0.3 is 0 Å². The van der Waals surface area contributed by atoms with Crippen LogP contribution in [0.4, 0.5) is 0 Å². The van der Waals surface area contributed by atoms with Crippen molar-refractivity contribution in [1.29, 1.82) is 0 Å². The summed E-state index contributed by atoms with van der Waals surface area (Å²) in [6, 6.07) is 6.25. The number of hydrazone groups is 1. The van der Waals surface area contributed by atoms with Crippen LogP contribution < -0.4 is 5.32 Å². The molecule has 0 spiro atoms. The highest BCUT2D eigenvalue weighted by atomic mass is 16.5. The molecule has 2 aliphatic heterocycles. The number of ether oxygens (including phenoxy) is 1. The summed E-state index contributed by atoms with van der Waals surface area (Å²) in [5.74, 6) is 1.48. The SMILES string of the molecule is Cc1c(C(=O)NCC2CCC(C)O2)oc2c1C1=NN(Cc3ccccn3)C(C)C1CC2. The number of pyridine rings is 1. The summed E-state index contributed by atoms with van der Waals surface area (Å²) in [6.45, 7) is 7.47. The predicted molar refractivity (Wildman–Crippen MR) is 117 cm³/mol. The number of furan rings is 1. The fourth-order valence-electron chi connectivity index (χ4n) is 5.10. The highest BCUT2D eigenvalue weighted by Crippen LogP contribution is 2.39. The minimum atomic E-state index is -0.163. The van der Waals surface area contributed by atoms with E-state index in [1.54, 1.807) is 0 Å². The molecule has 1 N–H and O–H groups in total. The number of nitrogens with one attached hydrogen (secondary N) is 1. The minimum absolute atomic E-state index is 0.0911. The van der Waals surface area contributed by atoms with Crippen molar-refractivity contribution in [2.45, 2.75) is 71.2 Å². The molecule has 4 atom stereocenters. The van der Waals surface area contributed by atoms with Gasteiger partial charge in [0.25, 0.3) is 5.91 Å². The van der Waals surface area contributed by atoms with Crippen LogP contribution in [0.1, 0.15) is 66.2 Å². The van der Waals surface area contributed by atoms with Gasteiger partial charge in [-0.3, -0.25) is 14.8 Å². The smallest absolute Gasteiger partial charge is 0.287 e. The van der Waals surface area contributed by atoms with Gasteiger partial charge in [0.05, 0.1) is 36.2 Å². The van der Waals surface area contributed by atoms with Crippen LogP contribution in [0.3, 0.4) is 0 Å². The lowest BCUT2D eigenvalue weighted by Gasteiger charge is -2.25. The molecule has 2 aromatic rings. The van der Waals surface area contributed by atoms with Crippen LogP contribution in [0.25, 0.3) is 0 Å². The fraction of sp³-hybridized carbons (Fsp3) is 0.542. The molecule has 4 unspecified atom stereocenters. The van der Waals surface area contributed by atoms with E-state index >= 15 is 0 Å². The highest BCUT2D eigenvalue weighted by Gasteiger charge is 2.41. The largest absolute Gasteiger partial charge is 0.455 e. The van der Waals surface area contributed by atoms with Gasteiger partial charge < -0.3 is 14.5 Å². The van der Waals surface area contributed by atoms with E-state index < -0.39 is 0 Å². The number of carbonyl (C=O) groups is 1. The van der Waals surface area contributed by atoms with Crippen LogP contribution in [0, 0.1) is 12.8 Å². The topological polar surface area (TPSA) is 80.0 Å². The molecule has 31 heavy (non-hydrogen) atoms. The summed E-state index contributed by atoms with van der Waals surface area (Å²) >= 11 is 0. The number of amides is 1. The third kappa shape index (κ3) is 3.76. The average Bonchev–Trinajstić information content (AvgIpc) is 3.43. The Labute approximate surface area is 182 Å². The molecule has 164 valence electrons. The number of carbonyl (C=O) groups excluding carboxylic acids is 1. The van der Waals surface area contributed by atoms with E-state index in [0.717, 1.165) is 54.0 Å². The predicted octanol–water partition coefficient (Wildman–Crippen LogP) is 3.45. The zero-order valence-corrected chi connectivity index (χ0v) is 18.4. The summed E-state index contributed by atoms with van der Waals surface area (Å²) in [6.07, 6.45) is 6.02. The molecule has 0 aromatic carbocycles. The van der Waals surface area contributed by atoms with Gasteiger partial charge in [-0.15, -0.1) is 0 Å². The van der Waals surface area contributed by atoms with Gasteiger partial charge in [-0.25, -0.2) is 0 Å². The van der Waals surface area contributed by atoms with Crippen LogP contribution >= 0.6 is 0 Å². The Morgan fingerprint density at radius 3 is 2.87 bits per heavy atom. The second-order valence-electron chi connectivity index (χ2n) is 9.00. The van der Waals surface area contributed by atoms with Crippen molar-refractivity contribution in [2.24, 2.45) is 11.0 Å². The van der Waals surface area contributed by atoms with Crippen LogP contribution in [0.5, 0.6) is 0 Å². The molecule has 5 rings (SSSR count). The van der Waals surface area contributed by atoms with E-state index in [4.69, 9.17) is 14.3 Å². The number of rotatable bonds is 5. The average molecular weight is 423 g/mol. The van der Waals surface area contributed by atoms with Gasteiger partial charge in [0, 0.05) is 36.2 Å². The fourth-order valence-corrected chi connectivity index (χ4v) is 5.10. The summed E-state index contributed by atoms with van der Waals surface area (Å²) in [4.78, 5) is 17.3. The summed E-state index contributed by atoms with van der Waals surface area (Å²) in [5, 5.41) is 10.1. The van der Waals surface area contributed by atoms with Crippen molar-refractivity contribution in [3.8, 4) is 0 Å². The zero-order chi connectivity index (χ0) is 21.5. The Morgan fingerprint density at radius 2 is 2.13 bits per heavy atom. The van der Waals surface area contributed by atoms with Crippen LogP contribution in [0.2, 0.25) is 0 Å². The number of fused-ring (bicyclic) bond motifs is 3. The molecule has 7 heteroatoms. The Hall–Kier alpha value is -2.67. The molecular weight excluding hydrogens is 392 g/mol. The van der Waals surface area contributed by atoms with Gasteiger partial charge in [-0.2, -0.15) is 5.10 Å². The summed E-state index contributed by atoms with van der Waals surface area (Å²) in [7, 11) is 0. The Balaban J connectivity index is 1.35. The second kappa shape index (κ2) is 8.11. The summed E-state index contributed by atoms with van der Waals surface area (Å²) in [5.41, 5.74) is 3.98. The Morgan fingerprint density at radius 1 is 1.26 bits per heavy atom. The number of hydrogen-bond acceptors (Lipinski definition) is 6. The molecule has 2 aromatic heterocycles. The van der Waals surface area contributed by atoms with E-state index in [2.05, 4.69) is 29.2 Å². The number of aromatic nitrogens is 1. The summed E-state index contributed by atoms with van der Waals surface area (Å²) < 4.78 is 11.9. The molecular formula is C24H30N4O3. The first-order chi connectivity index (χ1) is 15.0. The molecule has 3 aliphatic rings. The van der Waals surface area contributed by atoms with Crippen molar-refractivity contribution in [3.63, 3.8) is 0 Å². The maximum Gasteiger partial charge on any atom is 0.287 e. The Kier molecular flexibility index (Phi) is 5.30. The van der Waals surface area contributed by atoms with Crippen molar-refractivity contribution >= 4 is 11.6 Å². The van der Waals surface area contributed by atoms with Crippen LogP contribution in [-0.4, -0.2) is 46.4 Å². The number of aryl methyl sites for hydroxylation is 1. The lowest BCUT2D eigenvalue weighted by Crippen LogP contribution is -2.33.